The van der Waals surface area contributed by atoms with Gasteiger partial charge in [0.05, 0.1) is 17.8 Å². The molecule has 1 aromatic heterocycles. The van der Waals surface area contributed by atoms with Gasteiger partial charge in [0.15, 0.2) is 0 Å². The maximum absolute atomic E-state index is 11.8. The zero-order valence-corrected chi connectivity index (χ0v) is 9.27. The fraction of sp³-hybridized carbons (Fsp3) is 0.100. The van der Waals surface area contributed by atoms with Crippen LogP contribution in [0.4, 0.5) is 0 Å². The Labute approximate surface area is 92.0 Å². The molecule has 0 bridgehead atoms. The Morgan fingerprint density at radius 2 is 1.88 bits per heavy atom. The smallest absolute Gasteiger partial charge is 0.284 e. The van der Waals surface area contributed by atoms with Gasteiger partial charge in [0.2, 0.25) is 0 Å². The van der Waals surface area contributed by atoms with Crippen LogP contribution in [0.15, 0.2) is 41.3 Å². The van der Waals surface area contributed by atoms with Gasteiger partial charge >= 0.3 is 10.1 Å². The standard InChI is InChI=1S/C10H9NO4S/c1-16(13,14)15-11-7-6-8-4-2-3-5-9(8)10(11)12/h2-7H,1H3. The average Bonchev–Trinajstić information content (AvgIpc) is 2.21. The Kier molecular flexibility index (Phi) is 2.43. The van der Waals surface area contributed by atoms with Crippen molar-refractivity contribution >= 4 is 20.9 Å². The molecule has 0 atom stereocenters. The van der Waals surface area contributed by atoms with E-state index < -0.39 is 15.7 Å². The van der Waals surface area contributed by atoms with Gasteiger partial charge in [0, 0.05) is 0 Å². The number of benzene rings is 1. The van der Waals surface area contributed by atoms with Gasteiger partial charge in [-0.2, -0.15) is 8.42 Å². The Morgan fingerprint density at radius 3 is 2.56 bits per heavy atom. The van der Waals surface area contributed by atoms with Gasteiger partial charge in [0.25, 0.3) is 5.56 Å². The SMILES string of the molecule is CS(=O)(=O)On1ccc2ccccc2c1=O. The van der Waals surface area contributed by atoms with Crippen LogP contribution in [0.3, 0.4) is 0 Å². The monoisotopic (exact) mass is 239 g/mol. The number of hydrogen-bond donors (Lipinski definition) is 0. The van der Waals surface area contributed by atoms with E-state index in [0.29, 0.717) is 10.1 Å². The Balaban J connectivity index is 2.66. The highest BCUT2D eigenvalue weighted by Gasteiger charge is 2.07. The summed E-state index contributed by atoms with van der Waals surface area (Å²) >= 11 is 0. The molecule has 1 aromatic carbocycles. The average molecular weight is 239 g/mol. The quantitative estimate of drug-likeness (QED) is 0.760. The second-order valence-corrected chi connectivity index (χ2v) is 4.87. The number of fused-ring (bicyclic) bond motifs is 1. The second kappa shape index (κ2) is 3.64. The summed E-state index contributed by atoms with van der Waals surface area (Å²) in [5.41, 5.74) is -0.497. The molecular formula is C10H9NO4S. The Bertz CT molecular complexity index is 687. The predicted molar refractivity (Wildman–Crippen MR) is 59.6 cm³/mol. The van der Waals surface area contributed by atoms with E-state index in [4.69, 9.17) is 0 Å². The number of aromatic nitrogens is 1. The number of nitrogens with zero attached hydrogens (tertiary/aromatic N) is 1. The summed E-state index contributed by atoms with van der Waals surface area (Å²) < 4.78 is 27.0. The first-order chi connectivity index (χ1) is 7.47. The van der Waals surface area contributed by atoms with Crippen molar-refractivity contribution in [2.75, 3.05) is 6.26 Å². The van der Waals surface area contributed by atoms with E-state index in [1.165, 1.54) is 6.20 Å². The summed E-state index contributed by atoms with van der Waals surface area (Å²) in [6.45, 7) is 0. The third-order valence-electron chi connectivity index (χ3n) is 2.00. The van der Waals surface area contributed by atoms with Crippen LogP contribution in [-0.4, -0.2) is 19.4 Å². The first kappa shape index (κ1) is 10.7. The summed E-state index contributed by atoms with van der Waals surface area (Å²) in [7, 11) is -3.71. The Hall–Kier alpha value is -1.82. The van der Waals surface area contributed by atoms with E-state index in [-0.39, 0.29) is 0 Å². The van der Waals surface area contributed by atoms with Crippen LogP contribution in [-0.2, 0) is 10.1 Å². The number of hydrogen-bond acceptors (Lipinski definition) is 4. The maximum Gasteiger partial charge on any atom is 0.324 e. The maximum atomic E-state index is 11.8. The van der Waals surface area contributed by atoms with Crippen molar-refractivity contribution in [3.8, 4) is 0 Å². The molecule has 0 fully saturated rings. The van der Waals surface area contributed by atoms with Gasteiger partial charge < -0.3 is 0 Å². The highest BCUT2D eigenvalue weighted by molar-refractivity contribution is 7.86. The van der Waals surface area contributed by atoms with Crippen molar-refractivity contribution in [2.45, 2.75) is 0 Å². The molecule has 0 saturated heterocycles. The highest BCUT2D eigenvalue weighted by Crippen LogP contribution is 2.07. The molecule has 16 heavy (non-hydrogen) atoms. The minimum Gasteiger partial charge on any atom is -0.284 e. The first-order valence-corrected chi connectivity index (χ1v) is 6.29. The van der Waals surface area contributed by atoms with Gasteiger partial charge in [0.1, 0.15) is 0 Å². The third kappa shape index (κ3) is 2.06. The van der Waals surface area contributed by atoms with Gasteiger partial charge in [-0.3, -0.25) is 9.08 Å². The van der Waals surface area contributed by atoms with Crippen molar-refractivity contribution in [1.82, 2.24) is 4.73 Å². The summed E-state index contributed by atoms with van der Waals surface area (Å²) in [6, 6.07) is 8.49. The van der Waals surface area contributed by atoms with Crippen LogP contribution in [0.5, 0.6) is 0 Å². The lowest BCUT2D eigenvalue weighted by Gasteiger charge is -2.05. The van der Waals surface area contributed by atoms with E-state index in [2.05, 4.69) is 4.28 Å². The minimum atomic E-state index is -3.71. The van der Waals surface area contributed by atoms with Crippen molar-refractivity contribution in [1.29, 1.82) is 0 Å². The minimum absolute atomic E-state index is 0.411. The van der Waals surface area contributed by atoms with Gasteiger partial charge in [-0.05, 0) is 17.5 Å². The van der Waals surface area contributed by atoms with Gasteiger partial charge in [-0.1, -0.05) is 18.2 Å². The molecule has 2 aromatic rings. The number of rotatable bonds is 2. The summed E-state index contributed by atoms with van der Waals surface area (Å²) in [4.78, 5) is 11.8. The van der Waals surface area contributed by atoms with E-state index in [0.717, 1.165) is 11.6 Å². The molecular weight excluding hydrogens is 230 g/mol. The molecule has 6 heteroatoms. The number of pyridine rings is 1. The third-order valence-corrected chi connectivity index (χ3v) is 2.43. The predicted octanol–water partition coefficient (Wildman–Crippen LogP) is 0.390. The Morgan fingerprint density at radius 1 is 1.19 bits per heavy atom. The lowest BCUT2D eigenvalue weighted by molar-refractivity contribution is 0.272. The molecule has 0 N–H and O–H groups in total. The van der Waals surface area contributed by atoms with Crippen molar-refractivity contribution < 1.29 is 12.7 Å². The van der Waals surface area contributed by atoms with Crippen molar-refractivity contribution in [2.24, 2.45) is 0 Å². The van der Waals surface area contributed by atoms with Gasteiger partial charge in [-0.25, -0.2) is 0 Å². The second-order valence-electron chi connectivity index (χ2n) is 3.31. The molecule has 0 amide bonds. The molecule has 1 heterocycles. The molecule has 84 valence electrons. The molecule has 0 aliphatic carbocycles. The normalized spacial score (nSPS) is 11.6. The van der Waals surface area contributed by atoms with Crippen LogP contribution in [0, 0.1) is 0 Å². The largest absolute Gasteiger partial charge is 0.324 e. The lowest BCUT2D eigenvalue weighted by atomic mass is 10.2. The van der Waals surface area contributed by atoms with Crippen LogP contribution < -0.4 is 9.84 Å². The van der Waals surface area contributed by atoms with E-state index in [9.17, 15) is 13.2 Å². The van der Waals surface area contributed by atoms with E-state index in [1.807, 2.05) is 0 Å². The summed E-state index contributed by atoms with van der Waals surface area (Å²) in [5.74, 6) is 0. The van der Waals surface area contributed by atoms with Crippen molar-refractivity contribution in [3.05, 3.63) is 46.9 Å². The molecule has 2 rings (SSSR count). The molecule has 5 nitrogen and oxygen atoms in total. The van der Waals surface area contributed by atoms with Crippen LogP contribution >= 0.6 is 0 Å². The lowest BCUT2D eigenvalue weighted by Crippen LogP contribution is -2.29. The fourth-order valence-electron chi connectivity index (χ4n) is 1.38. The molecule has 0 saturated carbocycles. The first-order valence-electron chi connectivity index (χ1n) is 4.48. The van der Waals surface area contributed by atoms with Crippen LogP contribution in [0.2, 0.25) is 0 Å². The fourth-order valence-corrected chi connectivity index (χ4v) is 1.79. The van der Waals surface area contributed by atoms with Crippen molar-refractivity contribution in [3.63, 3.8) is 0 Å². The highest BCUT2D eigenvalue weighted by atomic mass is 32.2. The zero-order chi connectivity index (χ0) is 11.8. The summed E-state index contributed by atoms with van der Waals surface area (Å²) in [5, 5.41) is 1.15. The molecule has 0 radical (unpaired) electrons. The van der Waals surface area contributed by atoms with Crippen LogP contribution in [0.25, 0.3) is 10.8 Å². The van der Waals surface area contributed by atoms with Gasteiger partial charge in [-0.15, -0.1) is 4.73 Å². The topological polar surface area (TPSA) is 65.4 Å². The molecule has 0 unspecified atom stereocenters. The zero-order valence-electron chi connectivity index (χ0n) is 8.45. The van der Waals surface area contributed by atoms with E-state index >= 15 is 0 Å². The molecule has 0 aliphatic rings. The van der Waals surface area contributed by atoms with E-state index in [1.54, 1.807) is 30.3 Å². The summed E-state index contributed by atoms with van der Waals surface area (Å²) in [6.07, 6.45) is 2.17. The molecule has 0 aliphatic heterocycles. The van der Waals surface area contributed by atoms with Crippen LogP contribution in [0.1, 0.15) is 0 Å². The molecule has 0 spiro atoms.